The van der Waals surface area contributed by atoms with Gasteiger partial charge in [-0.2, -0.15) is 0 Å². The molecule has 5 rings (SSSR count). The molecule has 0 N–H and O–H groups in total. The third-order valence-corrected chi connectivity index (χ3v) is 5.99. The van der Waals surface area contributed by atoms with Crippen molar-refractivity contribution in [1.29, 1.82) is 0 Å². The van der Waals surface area contributed by atoms with E-state index >= 15 is 0 Å². The Labute approximate surface area is 175 Å². The summed E-state index contributed by atoms with van der Waals surface area (Å²) >= 11 is 0. The number of benzene rings is 1. The Kier molecular flexibility index (Phi) is 4.57. The second-order valence-corrected chi connectivity index (χ2v) is 8.38. The second-order valence-electron chi connectivity index (χ2n) is 8.38. The van der Waals surface area contributed by atoms with Gasteiger partial charge in [0.2, 0.25) is 5.91 Å². The number of fused-ring (bicyclic) bond motifs is 1. The highest BCUT2D eigenvalue weighted by atomic mass is 16.3. The van der Waals surface area contributed by atoms with Crippen LogP contribution < -0.4 is 0 Å². The Morgan fingerprint density at radius 1 is 0.967 bits per heavy atom. The number of furan rings is 1. The van der Waals surface area contributed by atoms with E-state index in [1.54, 1.807) is 0 Å². The molecule has 6 nitrogen and oxygen atoms in total. The SMILES string of the molecule is Cc1ccc2nc(-c3ccc(C)o3)cc(C(=O)N3CCN(C(=O)C4CC4)CC3)c2c1. The summed E-state index contributed by atoms with van der Waals surface area (Å²) in [4.78, 5) is 34.3. The fourth-order valence-electron chi connectivity index (χ4n) is 4.10. The molecule has 1 aliphatic carbocycles. The number of aryl methyl sites for hydroxylation is 2. The van der Waals surface area contributed by atoms with E-state index in [2.05, 4.69) is 0 Å². The predicted octanol–water partition coefficient (Wildman–Crippen LogP) is 3.81. The number of aromatic nitrogens is 1. The van der Waals surface area contributed by atoms with Gasteiger partial charge in [0, 0.05) is 37.5 Å². The van der Waals surface area contributed by atoms with Gasteiger partial charge in [-0.1, -0.05) is 11.6 Å². The minimum absolute atomic E-state index is 0.0175. The van der Waals surface area contributed by atoms with Gasteiger partial charge in [0.05, 0.1) is 11.1 Å². The van der Waals surface area contributed by atoms with Crippen LogP contribution in [0.15, 0.2) is 40.8 Å². The van der Waals surface area contributed by atoms with Crippen molar-refractivity contribution in [3.8, 4) is 11.5 Å². The number of piperazine rings is 1. The molecule has 3 heterocycles. The zero-order chi connectivity index (χ0) is 20.8. The normalized spacial score (nSPS) is 16.9. The number of nitrogens with zero attached hydrogens (tertiary/aromatic N) is 3. The van der Waals surface area contributed by atoms with Crippen molar-refractivity contribution >= 4 is 22.7 Å². The first-order valence-corrected chi connectivity index (χ1v) is 10.6. The van der Waals surface area contributed by atoms with Crippen LogP contribution in [0.2, 0.25) is 0 Å². The lowest BCUT2D eigenvalue weighted by atomic mass is 10.0. The van der Waals surface area contributed by atoms with Crippen molar-refractivity contribution < 1.29 is 14.0 Å². The average molecular weight is 403 g/mol. The summed E-state index contributed by atoms with van der Waals surface area (Å²) in [5.74, 6) is 1.92. The van der Waals surface area contributed by atoms with Crippen molar-refractivity contribution in [1.82, 2.24) is 14.8 Å². The maximum Gasteiger partial charge on any atom is 0.254 e. The summed E-state index contributed by atoms with van der Waals surface area (Å²) in [5.41, 5.74) is 3.15. The smallest absolute Gasteiger partial charge is 0.254 e. The molecule has 30 heavy (non-hydrogen) atoms. The van der Waals surface area contributed by atoms with Gasteiger partial charge in [-0.15, -0.1) is 0 Å². The van der Waals surface area contributed by atoms with Crippen molar-refractivity contribution in [3.05, 3.63) is 53.3 Å². The predicted molar refractivity (Wildman–Crippen MR) is 114 cm³/mol. The quantitative estimate of drug-likeness (QED) is 0.667. The van der Waals surface area contributed by atoms with Crippen LogP contribution in [0.25, 0.3) is 22.4 Å². The van der Waals surface area contributed by atoms with E-state index in [9.17, 15) is 9.59 Å². The summed E-state index contributed by atoms with van der Waals surface area (Å²) in [7, 11) is 0. The summed E-state index contributed by atoms with van der Waals surface area (Å²) in [6, 6.07) is 11.6. The number of hydrogen-bond acceptors (Lipinski definition) is 4. The van der Waals surface area contributed by atoms with Crippen LogP contribution >= 0.6 is 0 Å². The van der Waals surface area contributed by atoms with Crippen LogP contribution in [0.1, 0.15) is 34.5 Å². The number of amides is 2. The van der Waals surface area contributed by atoms with Gasteiger partial charge in [0.25, 0.3) is 5.91 Å². The molecule has 1 aromatic carbocycles. The van der Waals surface area contributed by atoms with E-state index in [0.717, 1.165) is 35.1 Å². The third-order valence-electron chi connectivity index (χ3n) is 5.99. The first kappa shape index (κ1) is 18.9. The van der Waals surface area contributed by atoms with Gasteiger partial charge in [0.1, 0.15) is 11.5 Å². The molecule has 1 saturated heterocycles. The van der Waals surface area contributed by atoms with E-state index < -0.39 is 0 Å². The Bertz CT molecular complexity index is 1140. The van der Waals surface area contributed by atoms with Gasteiger partial charge in [-0.05, 0) is 57.0 Å². The van der Waals surface area contributed by atoms with E-state index in [0.29, 0.717) is 43.2 Å². The van der Waals surface area contributed by atoms with E-state index in [-0.39, 0.29) is 17.7 Å². The first-order chi connectivity index (χ1) is 14.5. The molecule has 0 atom stereocenters. The lowest BCUT2D eigenvalue weighted by molar-refractivity contribution is -0.134. The zero-order valence-corrected chi connectivity index (χ0v) is 17.4. The van der Waals surface area contributed by atoms with Crippen LogP contribution in [0, 0.1) is 19.8 Å². The maximum absolute atomic E-state index is 13.5. The first-order valence-electron chi connectivity index (χ1n) is 10.6. The van der Waals surface area contributed by atoms with Crippen molar-refractivity contribution in [2.24, 2.45) is 5.92 Å². The van der Waals surface area contributed by atoms with Crippen molar-refractivity contribution in [2.75, 3.05) is 26.2 Å². The summed E-state index contributed by atoms with van der Waals surface area (Å²) in [6.45, 7) is 6.23. The van der Waals surface area contributed by atoms with Gasteiger partial charge in [-0.25, -0.2) is 4.98 Å². The lowest BCUT2D eigenvalue weighted by Crippen LogP contribution is -2.51. The molecule has 2 fully saturated rings. The molecular weight excluding hydrogens is 378 g/mol. The number of carbonyl (C=O) groups excluding carboxylic acids is 2. The van der Waals surface area contributed by atoms with E-state index in [1.807, 2.05) is 60.0 Å². The molecule has 1 saturated carbocycles. The fourth-order valence-corrected chi connectivity index (χ4v) is 4.10. The van der Waals surface area contributed by atoms with Gasteiger partial charge < -0.3 is 14.2 Å². The standard InChI is InChI=1S/C24H25N3O3/c1-15-3-7-20-18(13-15)19(14-21(25-20)22-8-4-16(2)30-22)24(29)27-11-9-26(10-12-27)23(28)17-5-6-17/h3-4,7-8,13-14,17H,5-6,9-12H2,1-2H3. The van der Waals surface area contributed by atoms with Crippen LogP contribution in [-0.2, 0) is 4.79 Å². The number of pyridine rings is 1. The largest absolute Gasteiger partial charge is 0.460 e. The van der Waals surface area contributed by atoms with Crippen LogP contribution in [0.5, 0.6) is 0 Å². The molecule has 6 heteroatoms. The van der Waals surface area contributed by atoms with Gasteiger partial charge in [0.15, 0.2) is 5.76 Å². The Morgan fingerprint density at radius 3 is 2.37 bits per heavy atom. The summed E-state index contributed by atoms with van der Waals surface area (Å²) in [6.07, 6.45) is 2.02. The lowest BCUT2D eigenvalue weighted by Gasteiger charge is -2.35. The highest BCUT2D eigenvalue weighted by Gasteiger charge is 2.35. The van der Waals surface area contributed by atoms with Crippen molar-refractivity contribution in [2.45, 2.75) is 26.7 Å². The third kappa shape index (κ3) is 3.47. The number of hydrogen-bond donors (Lipinski definition) is 0. The molecular formula is C24H25N3O3. The summed E-state index contributed by atoms with van der Waals surface area (Å²) < 4.78 is 5.76. The molecule has 0 unspecified atom stereocenters. The van der Waals surface area contributed by atoms with Crippen LogP contribution in [0.3, 0.4) is 0 Å². The molecule has 0 bridgehead atoms. The topological polar surface area (TPSA) is 66.7 Å². The molecule has 2 aliphatic rings. The van der Waals surface area contributed by atoms with E-state index in [4.69, 9.17) is 9.40 Å². The monoisotopic (exact) mass is 403 g/mol. The van der Waals surface area contributed by atoms with Crippen molar-refractivity contribution in [3.63, 3.8) is 0 Å². The Hall–Kier alpha value is -3.15. The number of rotatable bonds is 3. The van der Waals surface area contributed by atoms with E-state index in [1.165, 1.54) is 0 Å². The van der Waals surface area contributed by atoms with Crippen LogP contribution in [0.4, 0.5) is 0 Å². The molecule has 1 aliphatic heterocycles. The minimum atomic E-state index is -0.0175. The fraction of sp³-hybridized carbons (Fsp3) is 0.375. The average Bonchev–Trinajstić information content (AvgIpc) is 3.52. The molecule has 154 valence electrons. The number of carbonyl (C=O) groups is 2. The molecule has 2 aromatic heterocycles. The van der Waals surface area contributed by atoms with Gasteiger partial charge >= 0.3 is 0 Å². The minimum Gasteiger partial charge on any atom is -0.460 e. The molecule has 0 spiro atoms. The summed E-state index contributed by atoms with van der Waals surface area (Å²) in [5, 5.41) is 0.850. The molecule has 0 radical (unpaired) electrons. The highest BCUT2D eigenvalue weighted by Crippen LogP contribution is 2.32. The Balaban J connectivity index is 1.47. The molecule has 2 amide bonds. The maximum atomic E-state index is 13.5. The second kappa shape index (κ2) is 7.27. The van der Waals surface area contributed by atoms with Gasteiger partial charge in [-0.3, -0.25) is 9.59 Å². The highest BCUT2D eigenvalue weighted by molar-refractivity contribution is 6.07. The zero-order valence-electron chi connectivity index (χ0n) is 17.4. The molecule has 3 aromatic rings. The Morgan fingerprint density at radius 2 is 1.70 bits per heavy atom. The van der Waals surface area contributed by atoms with Crippen LogP contribution in [-0.4, -0.2) is 52.8 Å².